The second kappa shape index (κ2) is 5.33. The number of ether oxygens (including phenoxy) is 1. The minimum absolute atomic E-state index is 0.156. The topological polar surface area (TPSA) is 26.3 Å². The molecule has 0 saturated heterocycles. The molecule has 1 saturated carbocycles. The molecule has 82 valence electrons. The highest BCUT2D eigenvalue weighted by Crippen LogP contribution is 2.35. The summed E-state index contributed by atoms with van der Waals surface area (Å²) in [4.78, 5) is 11.0. The average molecular weight is 310 g/mol. The summed E-state index contributed by atoms with van der Waals surface area (Å²) in [5.74, 6) is 1.87. The summed E-state index contributed by atoms with van der Waals surface area (Å²) >= 11 is 1.72. The highest BCUT2D eigenvalue weighted by molar-refractivity contribution is 14.1. The largest absolute Gasteiger partial charge is 0.455 e. The quantitative estimate of drug-likeness (QED) is 0.569. The van der Waals surface area contributed by atoms with Crippen LogP contribution in [0.1, 0.15) is 40.0 Å². The highest BCUT2D eigenvalue weighted by atomic mass is 127. The van der Waals surface area contributed by atoms with Gasteiger partial charge in [-0.05, 0) is 30.6 Å². The fraction of sp³-hybridized carbons (Fsp3) is 0.909. The first-order valence-electron chi connectivity index (χ1n) is 5.36. The third kappa shape index (κ3) is 3.41. The maximum atomic E-state index is 11.0. The lowest BCUT2D eigenvalue weighted by atomic mass is 9.75. The predicted octanol–water partition coefficient (Wildman–Crippen LogP) is 4.02. The van der Waals surface area contributed by atoms with Gasteiger partial charge in [0, 0.05) is 0 Å². The number of hydrogen-bond donors (Lipinski definition) is 0. The van der Waals surface area contributed by atoms with E-state index in [9.17, 15) is 4.79 Å². The molecule has 0 amide bonds. The van der Waals surface area contributed by atoms with Crippen molar-refractivity contribution in [3.63, 3.8) is 0 Å². The maximum absolute atomic E-state index is 11.0. The molecule has 1 fully saturated rings. The van der Waals surface area contributed by atoms with Crippen molar-refractivity contribution >= 4 is 26.6 Å². The predicted molar refractivity (Wildman–Crippen MR) is 65.6 cm³/mol. The number of carbonyl (C=O) groups is 1. The van der Waals surface area contributed by atoms with Gasteiger partial charge in [-0.3, -0.25) is 0 Å². The van der Waals surface area contributed by atoms with Crippen LogP contribution in [0.25, 0.3) is 0 Å². The summed E-state index contributed by atoms with van der Waals surface area (Å²) in [7, 11) is 0. The molecule has 0 heterocycles. The standard InChI is InChI=1S/C11H19IO2/c1-7(2)9-5-4-8(3)6-10(9)14-11(12)13/h7-10H,4-6H2,1-3H3/t8-,9+,10-/m0/s1. The zero-order chi connectivity index (χ0) is 10.7. The first kappa shape index (κ1) is 12.3. The Morgan fingerprint density at radius 1 is 1.43 bits per heavy atom. The fourth-order valence-electron chi connectivity index (χ4n) is 2.37. The first-order chi connectivity index (χ1) is 6.50. The van der Waals surface area contributed by atoms with Crippen LogP contribution in [0.15, 0.2) is 0 Å². The summed E-state index contributed by atoms with van der Waals surface area (Å²) < 4.78 is 5.22. The lowest BCUT2D eigenvalue weighted by Gasteiger charge is -2.36. The van der Waals surface area contributed by atoms with Crippen LogP contribution in [0.2, 0.25) is 0 Å². The normalized spacial score (nSPS) is 33.1. The van der Waals surface area contributed by atoms with Crippen molar-refractivity contribution in [3.05, 3.63) is 0 Å². The third-order valence-corrected chi connectivity index (χ3v) is 3.46. The van der Waals surface area contributed by atoms with E-state index in [-0.39, 0.29) is 10.1 Å². The van der Waals surface area contributed by atoms with E-state index < -0.39 is 0 Å². The molecule has 0 aliphatic heterocycles. The van der Waals surface area contributed by atoms with Gasteiger partial charge in [0.2, 0.25) is 0 Å². The minimum atomic E-state index is -0.160. The molecule has 1 aliphatic rings. The van der Waals surface area contributed by atoms with Crippen LogP contribution in [0.5, 0.6) is 0 Å². The van der Waals surface area contributed by atoms with Crippen LogP contribution in [0.4, 0.5) is 4.79 Å². The van der Waals surface area contributed by atoms with E-state index in [1.54, 1.807) is 22.6 Å². The first-order valence-corrected chi connectivity index (χ1v) is 6.44. The monoisotopic (exact) mass is 310 g/mol. The molecule has 1 aliphatic carbocycles. The summed E-state index contributed by atoms with van der Waals surface area (Å²) in [5, 5.41) is 0. The molecule has 0 unspecified atom stereocenters. The molecule has 0 N–H and O–H groups in total. The second-order valence-electron chi connectivity index (χ2n) is 4.72. The van der Waals surface area contributed by atoms with Crippen molar-refractivity contribution in [1.29, 1.82) is 0 Å². The van der Waals surface area contributed by atoms with Gasteiger partial charge < -0.3 is 4.74 Å². The maximum Gasteiger partial charge on any atom is 0.367 e. The van der Waals surface area contributed by atoms with Crippen molar-refractivity contribution in [2.24, 2.45) is 17.8 Å². The van der Waals surface area contributed by atoms with Gasteiger partial charge in [-0.2, -0.15) is 0 Å². The van der Waals surface area contributed by atoms with Crippen molar-refractivity contribution < 1.29 is 9.53 Å². The molecule has 0 aromatic carbocycles. The third-order valence-electron chi connectivity index (χ3n) is 3.21. The van der Waals surface area contributed by atoms with E-state index in [0.717, 1.165) is 6.42 Å². The Morgan fingerprint density at radius 2 is 2.07 bits per heavy atom. The van der Waals surface area contributed by atoms with Gasteiger partial charge in [0.15, 0.2) is 0 Å². The Bertz CT molecular complexity index is 203. The SMILES string of the molecule is CC(C)[C@H]1CC[C@H](C)C[C@@H]1OC(=O)I. The second-order valence-corrected chi connectivity index (χ2v) is 5.60. The van der Waals surface area contributed by atoms with Gasteiger partial charge in [0.05, 0.1) is 22.6 Å². The zero-order valence-corrected chi connectivity index (χ0v) is 11.3. The van der Waals surface area contributed by atoms with Crippen molar-refractivity contribution in [1.82, 2.24) is 0 Å². The molecular formula is C11H19IO2. The zero-order valence-electron chi connectivity index (χ0n) is 9.13. The molecule has 2 nitrogen and oxygen atoms in total. The molecule has 3 atom stereocenters. The molecule has 14 heavy (non-hydrogen) atoms. The number of carbonyl (C=O) groups excluding carboxylic acids is 1. The molecule has 3 heteroatoms. The van der Waals surface area contributed by atoms with Gasteiger partial charge in [0.25, 0.3) is 0 Å². The lowest BCUT2D eigenvalue weighted by molar-refractivity contribution is 0.0203. The van der Waals surface area contributed by atoms with Crippen LogP contribution in [-0.2, 0) is 4.74 Å². The van der Waals surface area contributed by atoms with Gasteiger partial charge >= 0.3 is 3.98 Å². The number of rotatable bonds is 2. The van der Waals surface area contributed by atoms with Crippen molar-refractivity contribution in [2.45, 2.75) is 46.1 Å². The average Bonchev–Trinajstić information content (AvgIpc) is 2.01. The Morgan fingerprint density at radius 3 is 2.57 bits per heavy atom. The smallest absolute Gasteiger partial charge is 0.367 e. The van der Waals surface area contributed by atoms with Gasteiger partial charge in [0.1, 0.15) is 6.10 Å². The summed E-state index contributed by atoms with van der Waals surface area (Å²) in [6.07, 6.45) is 3.67. The van der Waals surface area contributed by atoms with E-state index >= 15 is 0 Å². The van der Waals surface area contributed by atoms with Crippen molar-refractivity contribution in [2.75, 3.05) is 0 Å². The lowest BCUT2D eigenvalue weighted by Crippen LogP contribution is -2.34. The van der Waals surface area contributed by atoms with Gasteiger partial charge in [-0.25, -0.2) is 4.79 Å². The van der Waals surface area contributed by atoms with Crippen LogP contribution >= 0.6 is 22.6 Å². The highest BCUT2D eigenvalue weighted by Gasteiger charge is 2.32. The molecule has 0 aromatic heterocycles. The molecule has 0 aromatic rings. The van der Waals surface area contributed by atoms with Crippen molar-refractivity contribution in [3.8, 4) is 0 Å². The number of halogens is 1. The Hall–Kier alpha value is 0.200. The minimum Gasteiger partial charge on any atom is -0.455 e. The van der Waals surface area contributed by atoms with E-state index in [2.05, 4.69) is 20.8 Å². The molecule has 0 spiro atoms. The number of hydrogen-bond acceptors (Lipinski definition) is 2. The van der Waals surface area contributed by atoms with Crippen LogP contribution < -0.4 is 0 Å². The molecule has 1 rings (SSSR count). The summed E-state index contributed by atoms with van der Waals surface area (Å²) in [6.45, 7) is 6.67. The van der Waals surface area contributed by atoms with Crippen LogP contribution in [0.3, 0.4) is 0 Å². The Kier molecular flexibility index (Phi) is 4.67. The Labute approximate surface area is 99.9 Å². The van der Waals surface area contributed by atoms with Crippen LogP contribution in [-0.4, -0.2) is 10.1 Å². The fourth-order valence-corrected chi connectivity index (χ4v) is 2.70. The van der Waals surface area contributed by atoms with Gasteiger partial charge in [-0.1, -0.05) is 27.2 Å². The van der Waals surface area contributed by atoms with Crippen LogP contribution in [0, 0.1) is 17.8 Å². The van der Waals surface area contributed by atoms with E-state index in [1.807, 2.05) is 0 Å². The summed E-state index contributed by atoms with van der Waals surface area (Å²) in [6, 6.07) is 0. The van der Waals surface area contributed by atoms with E-state index in [1.165, 1.54) is 12.8 Å². The van der Waals surface area contributed by atoms with E-state index in [4.69, 9.17) is 4.74 Å². The summed E-state index contributed by atoms with van der Waals surface area (Å²) in [5.41, 5.74) is 0. The molecule has 0 radical (unpaired) electrons. The molecular weight excluding hydrogens is 291 g/mol. The van der Waals surface area contributed by atoms with Gasteiger partial charge in [-0.15, -0.1) is 0 Å². The molecule has 0 bridgehead atoms. The van der Waals surface area contributed by atoms with E-state index in [0.29, 0.717) is 17.8 Å². The Balaban J connectivity index is 2.58.